The molecule has 1 saturated heterocycles. The van der Waals surface area contributed by atoms with Crippen molar-refractivity contribution in [3.05, 3.63) is 35.9 Å². The molecule has 5 nitrogen and oxygen atoms in total. The van der Waals surface area contributed by atoms with Gasteiger partial charge in [-0.2, -0.15) is 0 Å². The Bertz CT molecular complexity index is 504. The van der Waals surface area contributed by atoms with Gasteiger partial charge in [-0.25, -0.2) is 0 Å². The van der Waals surface area contributed by atoms with E-state index in [-0.39, 0.29) is 18.4 Å². The minimum Gasteiger partial charge on any atom is -0.355 e. The molecule has 1 aliphatic heterocycles. The summed E-state index contributed by atoms with van der Waals surface area (Å²) < 4.78 is 0. The average molecular weight is 317 g/mol. The van der Waals surface area contributed by atoms with Crippen LogP contribution in [0.25, 0.3) is 0 Å². The largest absolute Gasteiger partial charge is 0.355 e. The van der Waals surface area contributed by atoms with Gasteiger partial charge in [-0.15, -0.1) is 0 Å². The Labute approximate surface area is 138 Å². The highest BCUT2D eigenvalue weighted by Crippen LogP contribution is 2.15. The fourth-order valence-corrected chi connectivity index (χ4v) is 2.91. The maximum Gasteiger partial charge on any atom is 0.251 e. The van der Waals surface area contributed by atoms with Gasteiger partial charge in [0.05, 0.1) is 6.54 Å². The summed E-state index contributed by atoms with van der Waals surface area (Å²) in [5, 5.41) is 5.50. The van der Waals surface area contributed by atoms with Gasteiger partial charge in [0.2, 0.25) is 5.91 Å². The number of amides is 2. The number of likely N-dealkylation sites (tertiary alicyclic amines) is 1. The number of nitrogens with zero attached hydrogens (tertiary/aromatic N) is 1. The van der Waals surface area contributed by atoms with Crippen LogP contribution in [0.5, 0.6) is 0 Å². The zero-order chi connectivity index (χ0) is 16.5. The lowest BCUT2D eigenvalue weighted by Crippen LogP contribution is -2.40. The van der Waals surface area contributed by atoms with Crippen molar-refractivity contribution in [1.82, 2.24) is 15.5 Å². The normalized spacial score (nSPS) is 18.4. The molecule has 1 fully saturated rings. The summed E-state index contributed by atoms with van der Waals surface area (Å²) >= 11 is 0. The van der Waals surface area contributed by atoms with Crippen LogP contribution < -0.4 is 10.6 Å². The van der Waals surface area contributed by atoms with Crippen molar-refractivity contribution in [2.45, 2.75) is 38.6 Å². The lowest BCUT2D eigenvalue weighted by molar-refractivity contribution is -0.120. The van der Waals surface area contributed by atoms with Crippen LogP contribution in [0.1, 0.15) is 43.0 Å². The highest BCUT2D eigenvalue weighted by Gasteiger charge is 2.17. The number of carbonyl (C=O) groups excluding carboxylic acids is 2. The van der Waals surface area contributed by atoms with Gasteiger partial charge in [0.25, 0.3) is 5.91 Å². The molecular formula is C18H27N3O2. The quantitative estimate of drug-likeness (QED) is 0.754. The molecule has 1 aromatic carbocycles. The molecule has 23 heavy (non-hydrogen) atoms. The summed E-state index contributed by atoms with van der Waals surface area (Å²) in [5.74, 6) is -0.358. The van der Waals surface area contributed by atoms with Gasteiger partial charge >= 0.3 is 0 Å². The number of piperidine rings is 1. The molecule has 1 aliphatic rings. The van der Waals surface area contributed by atoms with E-state index in [1.54, 1.807) is 24.3 Å². The summed E-state index contributed by atoms with van der Waals surface area (Å²) in [6.45, 7) is 5.15. The van der Waals surface area contributed by atoms with E-state index >= 15 is 0 Å². The molecule has 0 aromatic heterocycles. The van der Waals surface area contributed by atoms with Crippen LogP contribution >= 0.6 is 0 Å². The van der Waals surface area contributed by atoms with Gasteiger partial charge in [0.1, 0.15) is 0 Å². The first-order chi connectivity index (χ1) is 11.2. The van der Waals surface area contributed by atoms with Gasteiger partial charge < -0.3 is 15.5 Å². The molecule has 1 atom stereocenters. The number of benzene rings is 1. The highest BCUT2D eigenvalue weighted by atomic mass is 16.2. The van der Waals surface area contributed by atoms with Crippen LogP contribution in [0.4, 0.5) is 0 Å². The molecule has 1 aromatic rings. The van der Waals surface area contributed by atoms with Crippen LogP contribution in [0.2, 0.25) is 0 Å². The van der Waals surface area contributed by atoms with Crippen molar-refractivity contribution in [1.29, 1.82) is 0 Å². The van der Waals surface area contributed by atoms with Gasteiger partial charge in [0.15, 0.2) is 0 Å². The summed E-state index contributed by atoms with van der Waals surface area (Å²) in [6, 6.07) is 9.57. The molecule has 126 valence electrons. The third-order valence-corrected chi connectivity index (χ3v) is 4.33. The van der Waals surface area contributed by atoms with Crippen molar-refractivity contribution in [3.63, 3.8) is 0 Å². The predicted molar refractivity (Wildman–Crippen MR) is 91.3 cm³/mol. The summed E-state index contributed by atoms with van der Waals surface area (Å²) in [7, 11) is 0. The van der Waals surface area contributed by atoms with Crippen LogP contribution in [-0.4, -0.2) is 48.9 Å². The standard InChI is InChI=1S/C18H27N3O2/c1-15-8-5-6-12-21(15)13-7-11-19-17(22)14-20-18(23)16-9-3-2-4-10-16/h2-4,9-10,15H,5-8,11-14H2,1H3,(H,19,22)(H,20,23). The van der Waals surface area contributed by atoms with Crippen LogP contribution in [0, 0.1) is 0 Å². The second-order valence-corrected chi connectivity index (χ2v) is 6.13. The van der Waals surface area contributed by atoms with E-state index in [1.807, 2.05) is 6.07 Å². The molecule has 2 N–H and O–H groups in total. The van der Waals surface area contributed by atoms with Gasteiger partial charge in [-0.05, 0) is 44.9 Å². The zero-order valence-corrected chi connectivity index (χ0v) is 13.9. The Kier molecular flexibility index (Phi) is 7.07. The minimum atomic E-state index is -0.220. The van der Waals surface area contributed by atoms with Crippen molar-refractivity contribution >= 4 is 11.8 Å². The molecule has 1 heterocycles. The van der Waals surface area contributed by atoms with E-state index in [9.17, 15) is 9.59 Å². The van der Waals surface area contributed by atoms with E-state index in [4.69, 9.17) is 0 Å². The van der Waals surface area contributed by atoms with E-state index in [0.717, 1.165) is 13.0 Å². The van der Waals surface area contributed by atoms with Gasteiger partial charge in [-0.1, -0.05) is 24.6 Å². The Hall–Kier alpha value is -1.88. The maximum atomic E-state index is 11.8. The molecule has 2 amide bonds. The fraction of sp³-hybridized carbons (Fsp3) is 0.556. The summed E-state index contributed by atoms with van der Waals surface area (Å²) in [6.07, 6.45) is 4.83. The number of hydrogen-bond acceptors (Lipinski definition) is 3. The summed E-state index contributed by atoms with van der Waals surface area (Å²) in [4.78, 5) is 26.1. The molecule has 5 heteroatoms. The molecule has 1 unspecified atom stereocenters. The third-order valence-electron chi connectivity index (χ3n) is 4.33. The first-order valence-electron chi connectivity index (χ1n) is 8.51. The number of nitrogens with one attached hydrogen (secondary N) is 2. The molecule has 0 bridgehead atoms. The van der Waals surface area contributed by atoms with E-state index < -0.39 is 0 Å². The second kappa shape index (κ2) is 9.30. The number of rotatable bonds is 7. The third kappa shape index (κ3) is 6.02. The van der Waals surface area contributed by atoms with E-state index in [1.165, 1.54) is 25.8 Å². The SMILES string of the molecule is CC1CCCCN1CCCNC(=O)CNC(=O)c1ccccc1. The lowest BCUT2D eigenvalue weighted by Gasteiger charge is -2.33. The molecule has 0 saturated carbocycles. The van der Waals surface area contributed by atoms with Crippen LogP contribution in [0.3, 0.4) is 0 Å². The second-order valence-electron chi connectivity index (χ2n) is 6.13. The first kappa shape index (κ1) is 17.5. The van der Waals surface area contributed by atoms with Crippen LogP contribution in [0.15, 0.2) is 30.3 Å². The monoisotopic (exact) mass is 317 g/mol. The van der Waals surface area contributed by atoms with Crippen LogP contribution in [-0.2, 0) is 4.79 Å². The zero-order valence-electron chi connectivity index (χ0n) is 13.9. The summed E-state index contributed by atoms with van der Waals surface area (Å²) in [5.41, 5.74) is 0.569. The van der Waals surface area contributed by atoms with Crippen molar-refractivity contribution in [2.24, 2.45) is 0 Å². The molecular weight excluding hydrogens is 290 g/mol. The predicted octanol–water partition coefficient (Wildman–Crippen LogP) is 1.80. The topological polar surface area (TPSA) is 61.4 Å². The Morgan fingerprint density at radius 3 is 2.70 bits per heavy atom. The van der Waals surface area contributed by atoms with Gasteiger partial charge in [0, 0.05) is 24.7 Å². The first-order valence-corrected chi connectivity index (χ1v) is 8.51. The number of hydrogen-bond donors (Lipinski definition) is 2. The van der Waals surface area contributed by atoms with E-state index in [0.29, 0.717) is 18.2 Å². The smallest absolute Gasteiger partial charge is 0.251 e. The van der Waals surface area contributed by atoms with Gasteiger partial charge in [-0.3, -0.25) is 9.59 Å². The molecule has 0 spiro atoms. The Morgan fingerprint density at radius 2 is 1.96 bits per heavy atom. The fourth-order valence-electron chi connectivity index (χ4n) is 2.91. The molecule has 0 radical (unpaired) electrons. The van der Waals surface area contributed by atoms with Crippen molar-refractivity contribution in [3.8, 4) is 0 Å². The van der Waals surface area contributed by atoms with Crippen molar-refractivity contribution < 1.29 is 9.59 Å². The Balaban J connectivity index is 1.57. The maximum absolute atomic E-state index is 11.8. The average Bonchev–Trinajstić information content (AvgIpc) is 2.59. The molecule has 2 rings (SSSR count). The Morgan fingerprint density at radius 1 is 1.17 bits per heavy atom. The van der Waals surface area contributed by atoms with Crippen molar-refractivity contribution in [2.75, 3.05) is 26.2 Å². The molecule has 0 aliphatic carbocycles. The van der Waals surface area contributed by atoms with E-state index in [2.05, 4.69) is 22.5 Å². The number of carbonyl (C=O) groups is 2. The minimum absolute atomic E-state index is 0.0217. The highest BCUT2D eigenvalue weighted by molar-refractivity contribution is 5.96. The lowest BCUT2D eigenvalue weighted by atomic mass is 10.0.